The van der Waals surface area contributed by atoms with Crippen LogP contribution in [0.3, 0.4) is 0 Å². The maximum Gasteiger partial charge on any atom is 0.336 e. The molecule has 1 aliphatic heterocycles. The Morgan fingerprint density at radius 3 is 2.47 bits per heavy atom. The Bertz CT molecular complexity index is 1300. The summed E-state index contributed by atoms with van der Waals surface area (Å²) in [6, 6.07) is 15.5. The van der Waals surface area contributed by atoms with Gasteiger partial charge in [-0.2, -0.15) is 0 Å². The molecule has 1 aliphatic rings. The van der Waals surface area contributed by atoms with E-state index in [0.29, 0.717) is 5.56 Å². The first-order chi connectivity index (χ1) is 16.6. The topological polar surface area (TPSA) is 67.6 Å². The molecular weight excluding hydrogens is 426 g/mol. The molecule has 2 aromatic heterocycles. The number of likely N-dealkylation sites (tertiary alicyclic amines) is 1. The van der Waals surface area contributed by atoms with E-state index in [1.165, 1.54) is 19.3 Å². The largest absolute Gasteiger partial charge is 0.497 e. The highest BCUT2D eigenvalue weighted by Crippen LogP contribution is 2.35. The maximum absolute atomic E-state index is 12.1. The van der Waals surface area contributed by atoms with Gasteiger partial charge in [0.15, 0.2) is 0 Å². The van der Waals surface area contributed by atoms with Crippen LogP contribution in [0.1, 0.15) is 29.6 Å². The average molecular weight is 456 g/mol. The molecule has 3 heterocycles. The number of carboxylic acid groups (broad SMARTS) is 1. The second-order valence-corrected chi connectivity index (χ2v) is 8.83. The van der Waals surface area contributed by atoms with Crippen molar-refractivity contribution in [3.05, 3.63) is 72.7 Å². The summed E-state index contributed by atoms with van der Waals surface area (Å²) in [6.45, 7) is 4.07. The number of hydrogen-bond acceptors (Lipinski definition) is 4. The van der Waals surface area contributed by atoms with Crippen LogP contribution in [0, 0.1) is 0 Å². The lowest BCUT2D eigenvalue weighted by atomic mass is 9.99. The molecule has 0 atom stereocenters. The summed E-state index contributed by atoms with van der Waals surface area (Å²) in [5.74, 6) is -0.115. The van der Waals surface area contributed by atoms with Crippen LogP contribution in [0.2, 0.25) is 0 Å². The highest BCUT2D eigenvalue weighted by atomic mass is 16.5. The molecule has 34 heavy (non-hydrogen) atoms. The van der Waals surface area contributed by atoms with E-state index in [1.54, 1.807) is 13.2 Å². The minimum absolute atomic E-state index is 0.319. The third kappa shape index (κ3) is 4.41. The predicted octanol–water partition coefficient (Wildman–Crippen LogP) is 5.56. The van der Waals surface area contributed by atoms with Gasteiger partial charge in [0.05, 0.1) is 12.7 Å². The van der Waals surface area contributed by atoms with E-state index in [2.05, 4.69) is 26.7 Å². The van der Waals surface area contributed by atoms with Crippen molar-refractivity contribution in [2.45, 2.75) is 25.8 Å². The number of methoxy groups -OCH3 is 1. The van der Waals surface area contributed by atoms with Crippen LogP contribution in [0.4, 0.5) is 0 Å². The summed E-state index contributed by atoms with van der Waals surface area (Å²) in [5.41, 5.74) is 5.07. The van der Waals surface area contributed by atoms with Crippen molar-refractivity contribution < 1.29 is 14.6 Å². The Balaban J connectivity index is 1.56. The van der Waals surface area contributed by atoms with Gasteiger partial charge < -0.3 is 19.3 Å². The van der Waals surface area contributed by atoms with Crippen LogP contribution in [-0.2, 0) is 6.54 Å². The Kier molecular flexibility index (Phi) is 6.32. The first kappa shape index (κ1) is 22.2. The van der Waals surface area contributed by atoms with E-state index in [-0.39, 0.29) is 0 Å². The second kappa shape index (κ2) is 9.69. The Labute approximate surface area is 199 Å². The average Bonchev–Trinajstić information content (AvgIpc) is 3.27. The number of carbonyl (C=O) groups is 1. The molecule has 0 amide bonds. The van der Waals surface area contributed by atoms with Gasteiger partial charge >= 0.3 is 5.97 Å². The standard InChI is InChI=1S/C28H29N3O3/c1-34-23-10-8-20(9-11-23)21-16-22(18-29-17-21)25-19-31(15-14-30-12-3-2-4-13-30)26-7-5-6-24(27(25)26)28(32)33/h5-11,16-19H,2-4,12-15H2,1H3,(H,32,33). The minimum atomic E-state index is -0.917. The molecule has 0 radical (unpaired) electrons. The van der Waals surface area contributed by atoms with Crippen molar-refractivity contribution in [1.29, 1.82) is 0 Å². The van der Waals surface area contributed by atoms with E-state index < -0.39 is 5.97 Å². The first-order valence-electron chi connectivity index (χ1n) is 11.8. The lowest BCUT2D eigenvalue weighted by molar-refractivity contribution is 0.0699. The highest BCUT2D eigenvalue weighted by molar-refractivity contribution is 6.09. The van der Waals surface area contributed by atoms with E-state index in [1.807, 2.05) is 48.8 Å². The number of pyridine rings is 1. The maximum atomic E-state index is 12.1. The lowest BCUT2D eigenvalue weighted by Gasteiger charge is -2.26. The zero-order chi connectivity index (χ0) is 23.5. The quantitative estimate of drug-likeness (QED) is 0.395. The van der Waals surface area contributed by atoms with Gasteiger partial charge in [-0.25, -0.2) is 4.79 Å². The molecule has 1 fully saturated rings. The van der Waals surface area contributed by atoms with Crippen molar-refractivity contribution in [3.8, 4) is 28.0 Å². The monoisotopic (exact) mass is 455 g/mol. The molecule has 0 aliphatic carbocycles. The van der Waals surface area contributed by atoms with Gasteiger partial charge in [-0.15, -0.1) is 0 Å². The molecule has 0 bridgehead atoms. The number of rotatable bonds is 7. The summed E-state index contributed by atoms with van der Waals surface area (Å²) < 4.78 is 7.47. The van der Waals surface area contributed by atoms with Crippen LogP contribution in [0.15, 0.2) is 67.1 Å². The number of hydrogen-bond donors (Lipinski definition) is 1. The number of fused-ring (bicyclic) bond motifs is 1. The fraction of sp³-hybridized carbons (Fsp3) is 0.286. The van der Waals surface area contributed by atoms with E-state index in [4.69, 9.17) is 4.74 Å². The van der Waals surface area contributed by atoms with Crippen LogP contribution < -0.4 is 4.74 Å². The molecule has 6 heteroatoms. The smallest absolute Gasteiger partial charge is 0.336 e. The van der Waals surface area contributed by atoms with Gasteiger partial charge in [-0.1, -0.05) is 24.6 Å². The third-order valence-electron chi connectivity index (χ3n) is 6.71. The number of ether oxygens (including phenoxy) is 1. The Hall–Kier alpha value is -3.64. The lowest BCUT2D eigenvalue weighted by Crippen LogP contribution is -2.32. The van der Waals surface area contributed by atoms with Gasteiger partial charge in [0.2, 0.25) is 0 Å². The summed E-state index contributed by atoms with van der Waals surface area (Å²) in [4.78, 5) is 19.1. The predicted molar refractivity (Wildman–Crippen MR) is 134 cm³/mol. The van der Waals surface area contributed by atoms with Crippen LogP contribution in [-0.4, -0.2) is 52.3 Å². The number of piperidine rings is 1. The van der Waals surface area contributed by atoms with Gasteiger partial charge in [0.1, 0.15) is 5.75 Å². The highest BCUT2D eigenvalue weighted by Gasteiger charge is 2.19. The van der Waals surface area contributed by atoms with Crippen LogP contribution in [0.5, 0.6) is 5.75 Å². The van der Waals surface area contributed by atoms with Crippen molar-refractivity contribution >= 4 is 16.9 Å². The van der Waals surface area contributed by atoms with E-state index in [0.717, 1.165) is 65.1 Å². The molecule has 2 aromatic carbocycles. The molecule has 0 unspecified atom stereocenters. The molecule has 0 saturated carbocycles. The molecule has 1 N–H and O–H groups in total. The Morgan fingerprint density at radius 1 is 0.971 bits per heavy atom. The second-order valence-electron chi connectivity index (χ2n) is 8.83. The Morgan fingerprint density at radius 2 is 1.74 bits per heavy atom. The van der Waals surface area contributed by atoms with Crippen molar-refractivity contribution in [1.82, 2.24) is 14.5 Å². The van der Waals surface area contributed by atoms with Gasteiger partial charge in [-0.05, 0) is 61.8 Å². The third-order valence-corrected chi connectivity index (χ3v) is 6.71. The number of aromatic carboxylic acids is 1. The van der Waals surface area contributed by atoms with Crippen molar-refractivity contribution in [2.75, 3.05) is 26.7 Å². The van der Waals surface area contributed by atoms with E-state index in [9.17, 15) is 9.90 Å². The van der Waals surface area contributed by atoms with Crippen molar-refractivity contribution in [2.24, 2.45) is 0 Å². The molecule has 0 spiro atoms. The number of nitrogens with zero attached hydrogens (tertiary/aromatic N) is 3. The molecule has 1 saturated heterocycles. The van der Waals surface area contributed by atoms with Gasteiger partial charge in [0, 0.05) is 59.3 Å². The van der Waals surface area contributed by atoms with E-state index >= 15 is 0 Å². The molecule has 174 valence electrons. The zero-order valence-corrected chi connectivity index (χ0v) is 19.4. The van der Waals surface area contributed by atoms with Crippen LogP contribution >= 0.6 is 0 Å². The molecule has 4 aromatic rings. The van der Waals surface area contributed by atoms with Gasteiger partial charge in [0.25, 0.3) is 0 Å². The SMILES string of the molecule is COc1ccc(-c2cncc(-c3cn(CCN4CCCCC4)c4cccc(C(=O)O)c34)c2)cc1. The fourth-order valence-corrected chi connectivity index (χ4v) is 4.90. The minimum Gasteiger partial charge on any atom is -0.497 e. The summed E-state index contributed by atoms with van der Waals surface area (Å²) in [5, 5.41) is 10.7. The number of carboxylic acids is 1. The normalized spacial score (nSPS) is 14.4. The zero-order valence-electron chi connectivity index (χ0n) is 19.4. The summed E-state index contributed by atoms with van der Waals surface area (Å²) in [7, 11) is 1.65. The number of aromatic nitrogens is 2. The number of benzene rings is 2. The molecule has 5 rings (SSSR count). The van der Waals surface area contributed by atoms with Crippen LogP contribution in [0.25, 0.3) is 33.2 Å². The molecule has 6 nitrogen and oxygen atoms in total. The molecular formula is C28H29N3O3. The first-order valence-corrected chi connectivity index (χ1v) is 11.8. The van der Waals surface area contributed by atoms with Gasteiger partial charge in [-0.3, -0.25) is 4.98 Å². The summed E-state index contributed by atoms with van der Waals surface area (Å²) >= 11 is 0. The summed E-state index contributed by atoms with van der Waals surface area (Å²) in [6.07, 6.45) is 9.56. The fourth-order valence-electron chi connectivity index (χ4n) is 4.90. The van der Waals surface area contributed by atoms with Crippen molar-refractivity contribution in [3.63, 3.8) is 0 Å².